The average molecular weight is 358 g/mol. The molecule has 0 bridgehead atoms. The third-order valence-corrected chi connectivity index (χ3v) is 3.83. The third-order valence-electron chi connectivity index (χ3n) is 2.96. The van der Waals surface area contributed by atoms with Gasteiger partial charge in [0.2, 0.25) is 0 Å². The van der Waals surface area contributed by atoms with Crippen LogP contribution in [0.2, 0.25) is 0 Å². The Morgan fingerprint density at radius 3 is 2.78 bits per heavy atom. The van der Waals surface area contributed by atoms with Crippen LogP contribution in [-0.4, -0.2) is 31.2 Å². The Bertz CT molecular complexity index is 649. The molecule has 1 aromatic carbocycles. The summed E-state index contributed by atoms with van der Waals surface area (Å²) in [6.07, 6.45) is 0. The van der Waals surface area contributed by atoms with E-state index in [4.69, 9.17) is 15.2 Å². The number of carbonyl (C=O) groups is 1. The molecule has 0 saturated carbocycles. The van der Waals surface area contributed by atoms with Crippen LogP contribution in [0.1, 0.15) is 21.1 Å². The highest BCUT2D eigenvalue weighted by Crippen LogP contribution is 2.22. The van der Waals surface area contributed by atoms with Gasteiger partial charge in [-0.2, -0.15) is 0 Å². The molecule has 0 spiro atoms. The van der Waals surface area contributed by atoms with Crippen molar-refractivity contribution in [2.75, 3.05) is 25.6 Å². The van der Waals surface area contributed by atoms with Gasteiger partial charge < -0.3 is 20.5 Å². The summed E-state index contributed by atoms with van der Waals surface area (Å²) in [4.78, 5) is 16.3. The quantitative estimate of drug-likeness (QED) is 0.744. The van der Waals surface area contributed by atoms with E-state index in [1.54, 1.807) is 12.5 Å². The molecule has 2 aromatic rings. The van der Waals surface area contributed by atoms with Crippen molar-refractivity contribution in [3.05, 3.63) is 39.8 Å². The Morgan fingerprint density at radius 2 is 2.17 bits per heavy atom. The minimum atomic E-state index is -0.243. The number of nitrogens with zero attached hydrogens (tertiary/aromatic N) is 1. The Morgan fingerprint density at radius 1 is 1.39 bits per heavy atom. The Labute approximate surface area is 145 Å². The summed E-state index contributed by atoms with van der Waals surface area (Å²) in [6, 6.07) is 5.49. The van der Waals surface area contributed by atoms with Gasteiger partial charge in [0.25, 0.3) is 5.91 Å². The summed E-state index contributed by atoms with van der Waals surface area (Å²) in [5.41, 5.74) is 7.52. The summed E-state index contributed by atoms with van der Waals surface area (Å²) in [7, 11) is 1.63. The minimum Gasteiger partial charge on any atom is -0.491 e. The fourth-order valence-corrected chi connectivity index (χ4v) is 2.46. The first-order chi connectivity index (χ1) is 10.6. The molecule has 23 heavy (non-hydrogen) atoms. The summed E-state index contributed by atoms with van der Waals surface area (Å²) in [5, 5.41) is 5.29. The van der Waals surface area contributed by atoms with Gasteiger partial charge in [0.05, 0.1) is 6.61 Å². The molecule has 0 aliphatic heterocycles. The van der Waals surface area contributed by atoms with E-state index in [0.29, 0.717) is 25.5 Å². The van der Waals surface area contributed by atoms with E-state index in [2.05, 4.69) is 10.3 Å². The zero-order chi connectivity index (χ0) is 15.9. The number of thiazole rings is 1. The van der Waals surface area contributed by atoms with Crippen LogP contribution < -0.4 is 15.8 Å². The fraction of sp³-hybridized carbons (Fsp3) is 0.333. The molecule has 0 aliphatic rings. The molecule has 1 aromatic heterocycles. The maximum Gasteiger partial charge on any atom is 0.275 e. The first kappa shape index (κ1) is 19.4. The van der Waals surface area contributed by atoms with E-state index in [1.807, 2.05) is 25.1 Å². The third kappa shape index (κ3) is 5.47. The largest absolute Gasteiger partial charge is 0.491 e. The van der Waals surface area contributed by atoms with Crippen LogP contribution in [0.4, 0.5) is 5.69 Å². The topological polar surface area (TPSA) is 86.5 Å². The van der Waals surface area contributed by atoms with Gasteiger partial charge in [0, 0.05) is 24.7 Å². The molecule has 2 rings (SSSR count). The smallest absolute Gasteiger partial charge is 0.275 e. The normalized spacial score (nSPS) is 10.0. The van der Waals surface area contributed by atoms with E-state index in [1.165, 1.54) is 11.3 Å². The zero-order valence-electron chi connectivity index (χ0n) is 13.0. The van der Waals surface area contributed by atoms with Crippen molar-refractivity contribution in [2.45, 2.75) is 13.5 Å². The SMILES string of the molecule is COCCOc1ccc(NC(=O)c2csc(CN)n2)c(C)c1.Cl. The zero-order valence-corrected chi connectivity index (χ0v) is 14.6. The van der Waals surface area contributed by atoms with Gasteiger partial charge in [-0.05, 0) is 30.7 Å². The molecule has 126 valence electrons. The van der Waals surface area contributed by atoms with E-state index in [9.17, 15) is 4.79 Å². The van der Waals surface area contributed by atoms with Crippen LogP contribution in [0.5, 0.6) is 5.75 Å². The maximum absolute atomic E-state index is 12.1. The second-order valence-corrected chi connectivity index (χ2v) is 5.55. The summed E-state index contributed by atoms with van der Waals surface area (Å²) in [6.45, 7) is 3.27. The molecule has 0 atom stereocenters. The number of halogens is 1. The van der Waals surface area contributed by atoms with Gasteiger partial charge in [-0.25, -0.2) is 4.98 Å². The molecule has 1 heterocycles. The van der Waals surface area contributed by atoms with Gasteiger partial charge in [-0.15, -0.1) is 23.7 Å². The van der Waals surface area contributed by atoms with Crippen LogP contribution in [0.3, 0.4) is 0 Å². The number of nitrogens with two attached hydrogens (primary N) is 1. The molecule has 0 unspecified atom stereocenters. The second kappa shape index (κ2) is 9.46. The number of hydrogen-bond acceptors (Lipinski definition) is 6. The summed E-state index contributed by atoms with van der Waals surface area (Å²) >= 11 is 1.38. The molecule has 0 saturated heterocycles. The van der Waals surface area contributed by atoms with Crippen molar-refractivity contribution < 1.29 is 14.3 Å². The van der Waals surface area contributed by atoms with E-state index in [0.717, 1.165) is 22.0 Å². The predicted molar refractivity (Wildman–Crippen MR) is 93.8 cm³/mol. The second-order valence-electron chi connectivity index (χ2n) is 4.60. The number of anilines is 1. The Hall–Kier alpha value is -1.67. The molecular formula is C15H20ClN3O3S. The number of aromatic nitrogens is 1. The molecule has 0 aliphatic carbocycles. The summed E-state index contributed by atoms with van der Waals surface area (Å²) in [5.74, 6) is 0.499. The van der Waals surface area contributed by atoms with Crippen molar-refractivity contribution in [2.24, 2.45) is 5.73 Å². The molecule has 0 radical (unpaired) electrons. The number of hydrogen-bond donors (Lipinski definition) is 2. The van der Waals surface area contributed by atoms with Gasteiger partial charge in [-0.1, -0.05) is 0 Å². The number of ether oxygens (including phenoxy) is 2. The molecule has 1 amide bonds. The van der Waals surface area contributed by atoms with Gasteiger partial charge in [0.1, 0.15) is 23.1 Å². The standard InChI is InChI=1S/C15H19N3O3S.ClH/c1-10-7-11(21-6-5-20-2)3-4-12(10)18-15(19)13-9-22-14(8-16)17-13;/h3-4,7,9H,5-6,8,16H2,1-2H3,(H,18,19);1H. The average Bonchev–Trinajstić information content (AvgIpc) is 2.99. The van der Waals surface area contributed by atoms with E-state index < -0.39 is 0 Å². The predicted octanol–water partition coefficient (Wildman–Crippen LogP) is 2.61. The number of rotatable bonds is 7. The maximum atomic E-state index is 12.1. The highest BCUT2D eigenvalue weighted by atomic mass is 35.5. The summed E-state index contributed by atoms with van der Waals surface area (Å²) < 4.78 is 10.5. The van der Waals surface area contributed by atoms with Crippen LogP contribution in [0.25, 0.3) is 0 Å². The van der Waals surface area contributed by atoms with Gasteiger partial charge in [0.15, 0.2) is 0 Å². The lowest BCUT2D eigenvalue weighted by Crippen LogP contribution is -2.13. The molecule has 3 N–H and O–H groups in total. The van der Waals surface area contributed by atoms with Crippen LogP contribution >= 0.6 is 23.7 Å². The van der Waals surface area contributed by atoms with Crippen LogP contribution in [0.15, 0.2) is 23.6 Å². The Kier molecular flexibility index (Phi) is 7.97. The van der Waals surface area contributed by atoms with Crippen molar-refractivity contribution >= 4 is 35.3 Å². The fourth-order valence-electron chi connectivity index (χ4n) is 1.80. The van der Waals surface area contributed by atoms with Crippen molar-refractivity contribution in [1.29, 1.82) is 0 Å². The first-order valence-electron chi connectivity index (χ1n) is 6.82. The molecule has 0 fully saturated rings. The van der Waals surface area contributed by atoms with Crippen molar-refractivity contribution in [3.63, 3.8) is 0 Å². The highest BCUT2D eigenvalue weighted by Gasteiger charge is 2.12. The number of carbonyl (C=O) groups excluding carboxylic acids is 1. The molecule has 6 nitrogen and oxygen atoms in total. The van der Waals surface area contributed by atoms with Crippen molar-refractivity contribution in [1.82, 2.24) is 4.98 Å². The molecular weight excluding hydrogens is 338 g/mol. The number of benzene rings is 1. The van der Waals surface area contributed by atoms with E-state index >= 15 is 0 Å². The lowest BCUT2D eigenvalue weighted by Gasteiger charge is -2.10. The molecule has 8 heteroatoms. The lowest BCUT2D eigenvalue weighted by atomic mass is 10.2. The van der Waals surface area contributed by atoms with Crippen LogP contribution in [-0.2, 0) is 11.3 Å². The first-order valence-corrected chi connectivity index (χ1v) is 7.70. The van der Waals surface area contributed by atoms with Crippen molar-refractivity contribution in [3.8, 4) is 5.75 Å². The van der Waals surface area contributed by atoms with Gasteiger partial charge >= 0.3 is 0 Å². The van der Waals surface area contributed by atoms with E-state index in [-0.39, 0.29) is 18.3 Å². The monoisotopic (exact) mass is 357 g/mol. The lowest BCUT2D eigenvalue weighted by molar-refractivity contribution is 0.102. The minimum absolute atomic E-state index is 0. The number of amides is 1. The number of methoxy groups -OCH3 is 1. The number of aryl methyl sites for hydroxylation is 1. The Balaban J connectivity index is 0.00000264. The highest BCUT2D eigenvalue weighted by molar-refractivity contribution is 7.09. The van der Waals surface area contributed by atoms with Crippen LogP contribution in [0, 0.1) is 6.92 Å². The number of nitrogens with one attached hydrogen (secondary N) is 1. The van der Waals surface area contributed by atoms with Gasteiger partial charge in [-0.3, -0.25) is 4.79 Å².